The van der Waals surface area contributed by atoms with Crippen LogP contribution in [0.5, 0.6) is 0 Å². The van der Waals surface area contributed by atoms with E-state index in [9.17, 15) is 22.4 Å². The highest BCUT2D eigenvalue weighted by Crippen LogP contribution is 2.36. The molecule has 0 aliphatic rings. The number of esters is 1. The van der Waals surface area contributed by atoms with Crippen LogP contribution in [0.4, 0.5) is 17.6 Å². The van der Waals surface area contributed by atoms with Crippen LogP contribution in [-0.2, 0) is 10.9 Å². The minimum atomic E-state index is -4.92. The predicted octanol–water partition coefficient (Wildman–Crippen LogP) is 4.41. The van der Waals surface area contributed by atoms with Gasteiger partial charge < -0.3 is 4.74 Å². The van der Waals surface area contributed by atoms with Gasteiger partial charge >= 0.3 is 12.1 Å². The van der Waals surface area contributed by atoms with Crippen LogP contribution in [0.15, 0.2) is 30.6 Å². The Labute approximate surface area is 149 Å². The van der Waals surface area contributed by atoms with Crippen LogP contribution >= 0.6 is 11.6 Å². The third-order valence-corrected chi connectivity index (χ3v) is 3.84. The van der Waals surface area contributed by atoms with E-state index in [1.54, 1.807) is 0 Å². The molecule has 3 rings (SSSR count). The van der Waals surface area contributed by atoms with Gasteiger partial charge in [0.05, 0.1) is 30.1 Å². The first-order valence-electron chi connectivity index (χ1n) is 7.31. The topological polar surface area (TPSA) is 57.0 Å². The highest BCUT2D eigenvalue weighted by molar-refractivity contribution is 6.34. The van der Waals surface area contributed by atoms with E-state index in [1.807, 2.05) is 0 Å². The average Bonchev–Trinajstić information content (AvgIpc) is 3.00. The van der Waals surface area contributed by atoms with Gasteiger partial charge in [-0.05, 0) is 13.0 Å². The molecule has 0 spiro atoms. The molecule has 0 saturated heterocycles. The number of hydrogen-bond donors (Lipinski definition) is 0. The Morgan fingerprint density at radius 2 is 2.04 bits per heavy atom. The van der Waals surface area contributed by atoms with Crippen molar-refractivity contribution in [2.24, 2.45) is 0 Å². The first kappa shape index (κ1) is 18.1. The summed E-state index contributed by atoms with van der Waals surface area (Å²) in [5.74, 6) is -1.91. The van der Waals surface area contributed by atoms with E-state index in [2.05, 4.69) is 14.8 Å². The number of rotatable bonds is 3. The van der Waals surface area contributed by atoms with Gasteiger partial charge in [0.1, 0.15) is 16.5 Å². The fourth-order valence-electron chi connectivity index (χ4n) is 2.53. The third kappa shape index (κ3) is 2.98. The molecule has 10 heteroatoms. The highest BCUT2D eigenvalue weighted by Gasteiger charge is 2.41. The van der Waals surface area contributed by atoms with Crippen molar-refractivity contribution in [1.29, 1.82) is 0 Å². The van der Waals surface area contributed by atoms with Gasteiger partial charge in [0.15, 0.2) is 5.69 Å². The molecule has 2 heterocycles. The maximum atomic E-state index is 14.1. The minimum absolute atomic E-state index is 0.0639. The standard InChI is InChI=1S/C16H10ClF4N3O2/c1-2-26-15(25)9-6-23-24(13(9)16(19,20)21)11-7-22-14(17)12-8(11)4-3-5-10(12)18/h3-7H,2H2,1H3. The molecule has 2 aromatic heterocycles. The zero-order chi connectivity index (χ0) is 19.1. The molecule has 0 unspecified atom stereocenters. The van der Waals surface area contributed by atoms with Crippen LogP contribution in [0.3, 0.4) is 0 Å². The highest BCUT2D eigenvalue weighted by atomic mass is 35.5. The molecule has 0 fully saturated rings. The van der Waals surface area contributed by atoms with Gasteiger partial charge in [-0.3, -0.25) is 0 Å². The number of halogens is 5. The van der Waals surface area contributed by atoms with Crippen LogP contribution in [-0.4, -0.2) is 27.3 Å². The number of benzene rings is 1. The molecule has 5 nitrogen and oxygen atoms in total. The summed E-state index contributed by atoms with van der Waals surface area (Å²) in [4.78, 5) is 15.6. The first-order valence-corrected chi connectivity index (χ1v) is 7.69. The molecular formula is C16H10ClF4N3O2. The monoisotopic (exact) mass is 387 g/mol. The first-order chi connectivity index (χ1) is 12.3. The van der Waals surface area contributed by atoms with Crippen LogP contribution in [0.2, 0.25) is 5.15 Å². The Morgan fingerprint density at radius 3 is 2.69 bits per heavy atom. The van der Waals surface area contributed by atoms with E-state index >= 15 is 0 Å². The van der Waals surface area contributed by atoms with Crippen molar-refractivity contribution < 1.29 is 27.1 Å². The second-order valence-corrected chi connectivity index (χ2v) is 5.49. The number of nitrogens with zero attached hydrogens (tertiary/aromatic N) is 3. The lowest BCUT2D eigenvalue weighted by Gasteiger charge is -2.14. The summed E-state index contributed by atoms with van der Waals surface area (Å²) >= 11 is 5.87. The smallest absolute Gasteiger partial charge is 0.434 e. The van der Waals surface area contributed by atoms with E-state index in [-0.39, 0.29) is 28.2 Å². The molecule has 136 valence electrons. The summed E-state index contributed by atoms with van der Waals surface area (Å²) in [7, 11) is 0. The Balaban J connectivity index is 2.32. The number of pyridine rings is 1. The van der Waals surface area contributed by atoms with Crippen LogP contribution in [0.25, 0.3) is 16.5 Å². The van der Waals surface area contributed by atoms with Crippen molar-refractivity contribution in [1.82, 2.24) is 14.8 Å². The molecule has 1 aromatic carbocycles. The van der Waals surface area contributed by atoms with E-state index < -0.39 is 29.2 Å². The normalized spacial score (nSPS) is 11.8. The minimum Gasteiger partial charge on any atom is -0.462 e. The SMILES string of the molecule is CCOC(=O)c1cnn(-c2cnc(Cl)c3c(F)cccc23)c1C(F)(F)F. The average molecular weight is 388 g/mol. The van der Waals surface area contributed by atoms with E-state index in [0.29, 0.717) is 4.68 Å². The number of carbonyl (C=O) groups excluding carboxylic acids is 1. The number of aromatic nitrogens is 3. The summed E-state index contributed by atoms with van der Waals surface area (Å²) in [5, 5.41) is 3.37. The molecule has 0 bridgehead atoms. The van der Waals surface area contributed by atoms with E-state index in [0.717, 1.165) is 18.5 Å². The van der Waals surface area contributed by atoms with Crippen molar-refractivity contribution in [3.8, 4) is 5.69 Å². The van der Waals surface area contributed by atoms with Crippen molar-refractivity contribution >= 4 is 28.3 Å². The quantitative estimate of drug-likeness (QED) is 0.379. The van der Waals surface area contributed by atoms with Crippen molar-refractivity contribution in [3.05, 3.63) is 52.8 Å². The molecule has 0 aliphatic heterocycles. The van der Waals surface area contributed by atoms with Gasteiger partial charge in [0.2, 0.25) is 0 Å². The maximum Gasteiger partial charge on any atom is 0.434 e. The Kier molecular flexibility index (Phi) is 4.57. The fourth-order valence-corrected chi connectivity index (χ4v) is 2.77. The van der Waals surface area contributed by atoms with Crippen molar-refractivity contribution in [2.75, 3.05) is 6.61 Å². The van der Waals surface area contributed by atoms with Crippen molar-refractivity contribution in [3.63, 3.8) is 0 Å². The lowest BCUT2D eigenvalue weighted by atomic mass is 10.1. The fraction of sp³-hybridized carbons (Fsp3) is 0.188. The van der Waals surface area contributed by atoms with Crippen LogP contribution < -0.4 is 0 Å². The molecule has 0 saturated carbocycles. The summed E-state index contributed by atoms with van der Waals surface area (Å²) in [6, 6.07) is 3.81. The number of carbonyl (C=O) groups is 1. The zero-order valence-corrected chi connectivity index (χ0v) is 13.9. The molecule has 0 N–H and O–H groups in total. The summed E-state index contributed by atoms with van der Waals surface area (Å²) in [5.41, 5.74) is -2.27. The number of alkyl halides is 3. The number of ether oxygens (including phenoxy) is 1. The summed E-state index contributed by atoms with van der Waals surface area (Å²) in [6.45, 7) is 1.37. The van der Waals surface area contributed by atoms with Gasteiger partial charge in [-0.25, -0.2) is 18.9 Å². The second-order valence-electron chi connectivity index (χ2n) is 5.13. The molecular weight excluding hydrogens is 378 g/mol. The molecule has 26 heavy (non-hydrogen) atoms. The Bertz CT molecular complexity index is 993. The van der Waals surface area contributed by atoms with Gasteiger partial charge in [0.25, 0.3) is 0 Å². The van der Waals surface area contributed by atoms with Gasteiger partial charge in [0, 0.05) is 5.39 Å². The number of hydrogen-bond acceptors (Lipinski definition) is 4. The number of fused-ring (bicyclic) bond motifs is 1. The summed E-state index contributed by atoms with van der Waals surface area (Å²) < 4.78 is 60.0. The summed E-state index contributed by atoms with van der Waals surface area (Å²) in [6.07, 6.45) is -3.14. The molecule has 3 aromatic rings. The van der Waals surface area contributed by atoms with Gasteiger partial charge in [-0.15, -0.1) is 0 Å². The molecule has 0 radical (unpaired) electrons. The molecule has 0 atom stereocenters. The Morgan fingerprint density at radius 1 is 1.31 bits per heavy atom. The maximum absolute atomic E-state index is 14.1. The lowest BCUT2D eigenvalue weighted by molar-refractivity contribution is -0.143. The van der Waals surface area contributed by atoms with Gasteiger partial charge in [-0.1, -0.05) is 23.7 Å². The lowest BCUT2D eigenvalue weighted by Crippen LogP contribution is -2.18. The van der Waals surface area contributed by atoms with E-state index in [4.69, 9.17) is 11.6 Å². The molecule has 0 amide bonds. The van der Waals surface area contributed by atoms with Crippen LogP contribution in [0.1, 0.15) is 23.0 Å². The molecule has 0 aliphatic carbocycles. The zero-order valence-electron chi connectivity index (χ0n) is 13.1. The predicted molar refractivity (Wildman–Crippen MR) is 84.8 cm³/mol. The van der Waals surface area contributed by atoms with Crippen molar-refractivity contribution in [2.45, 2.75) is 13.1 Å². The van der Waals surface area contributed by atoms with E-state index in [1.165, 1.54) is 19.1 Å². The third-order valence-electron chi connectivity index (χ3n) is 3.56. The Hall–Kier alpha value is -2.68. The second kappa shape index (κ2) is 6.56. The van der Waals surface area contributed by atoms with Gasteiger partial charge in [-0.2, -0.15) is 18.3 Å². The largest absolute Gasteiger partial charge is 0.462 e. The van der Waals surface area contributed by atoms with Crippen LogP contribution in [0, 0.1) is 5.82 Å².